The molecule has 0 saturated heterocycles. The van der Waals surface area contributed by atoms with Gasteiger partial charge in [0.1, 0.15) is 0 Å². The van der Waals surface area contributed by atoms with Crippen LogP contribution in [0.3, 0.4) is 0 Å². The van der Waals surface area contributed by atoms with Crippen LogP contribution in [0.25, 0.3) is 10.8 Å². The Hall–Kier alpha value is -3.47. The Labute approximate surface area is 221 Å². The van der Waals surface area contributed by atoms with Gasteiger partial charge in [-0.2, -0.15) is 0 Å². The summed E-state index contributed by atoms with van der Waals surface area (Å²) < 4.78 is 4.82. The van der Waals surface area contributed by atoms with Crippen LogP contribution in [0.15, 0.2) is 140 Å². The first-order valence-electron chi connectivity index (χ1n) is 12.7. The second kappa shape index (κ2) is 9.44. The molecule has 0 spiro atoms. The van der Waals surface area contributed by atoms with Crippen molar-refractivity contribution in [1.82, 2.24) is 0 Å². The SMILES string of the molecule is C=C(CC1(O)C(=O)c2cccc3cccc1c23)[CH2][Sn]([c]1ccccc1)([c]1ccccc1)[c]1ccccc1. The summed E-state index contributed by atoms with van der Waals surface area (Å²) in [5, 5.41) is 13.8. The van der Waals surface area contributed by atoms with Gasteiger partial charge in [-0.3, -0.25) is 0 Å². The molecule has 0 amide bonds. The average Bonchev–Trinajstić information content (AvgIpc) is 3.16. The first kappa shape index (κ1) is 23.9. The molecule has 5 aromatic rings. The molecule has 0 saturated carbocycles. The molecule has 0 bridgehead atoms. The average molecular weight is 587 g/mol. The molecule has 1 atom stereocenters. The van der Waals surface area contributed by atoms with E-state index in [0.29, 0.717) is 11.1 Å². The van der Waals surface area contributed by atoms with Gasteiger partial charge in [0.05, 0.1) is 0 Å². The fourth-order valence-electron chi connectivity index (χ4n) is 6.17. The Bertz CT molecular complexity index is 1510. The van der Waals surface area contributed by atoms with E-state index in [-0.39, 0.29) is 12.2 Å². The number of benzene rings is 5. The zero-order valence-electron chi connectivity index (χ0n) is 20.6. The minimum atomic E-state index is -3.63. The zero-order chi connectivity index (χ0) is 25.5. The van der Waals surface area contributed by atoms with Crippen molar-refractivity contribution in [3.8, 4) is 0 Å². The quantitative estimate of drug-likeness (QED) is 0.206. The van der Waals surface area contributed by atoms with E-state index in [1.54, 1.807) is 0 Å². The van der Waals surface area contributed by atoms with Crippen LogP contribution in [0.2, 0.25) is 4.44 Å². The van der Waals surface area contributed by atoms with Crippen molar-refractivity contribution in [3.05, 3.63) is 151 Å². The van der Waals surface area contributed by atoms with E-state index in [1.807, 2.05) is 36.4 Å². The fraction of sp³-hybridized carbons (Fsp3) is 0.0882. The third-order valence-corrected chi connectivity index (χ3v) is 22.0. The summed E-state index contributed by atoms with van der Waals surface area (Å²) in [5.41, 5.74) is 0.620. The van der Waals surface area contributed by atoms with Gasteiger partial charge in [0.25, 0.3) is 0 Å². The number of Topliss-reactive ketones (excluding diaryl/α,β-unsaturated/α-hetero) is 1. The van der Waals surface area contributed by atoms with E-state index >= 15 is 0 Å². The van der Waals surface area contributed by atoms with Gasteiger partial charge in [-0.1, -0.05) is 0 Å². The van der Waals surface area contributed by atoms with Gasteiger partial charge >= 0.3 is 223 Å². The first-order chi connectivity index (χ1) is 18.0. The zero-order valence-corrected chi connectivity index (χ0v) is 23.5. The summed E-state index contributed by atoms with van der Waals surface area (Å²) in [6, 6.07) is 43.9. The summed E-state index contributed by atoms with van der Waals surface area (Å²) >= 11 is -3.63. The first-order valence-corrected chi connectivity index (χ1v) is 19.0. The van der Waals surface area contributed by atoms with Crippen molar-refractivity contribution < 1.29 is 9.90 Å². The molecule has 37 heavy (non-hydrogen) atoms. The third-order valence-electron chi connectivity index (χ3n) is 7.79. The molecule has 180 valence electrons. The number of carbonyl (C=O) groups excluding carboxylic acids is 1. The van der Waals surface area contributed by atoms with E-state index < -0.39 is 24.0 Å². The molecule has 3 heteroatoms. The standard InChI is InChI=1S/C16H13O2.3C6H5.Sn/c1-10(2)9-16(18)13-8-4-6-11-5-3-7-12(14(11)13)15(16)17;3*1-2-4-6-5-3-1;/h3-8,18H,1-2,9H2;3*1-5H;. The molecule has 0 fully saturated rings. The summed E-state index contributed by atoms with van der Waals surface area (Å²) in [6.45, 7) is 4.53. The number of aliphatic hydroxyl groups is 1. The van der Waals surface area contributed by atoms with Crippen LogP contribution in [-0.4, -0.2) is 29.3 Å². The molecule has 0 aliphatic heterocycles. The summed E-state index contributed by atoms with van der Waals surface area (Å²) in [4.78, 5) is 13.6. The molecule has 5 aromatic carbocycles. The molecule has 1 aliphatic rings. The predicted octanol–water partition coefficient (Wildman–Crippen LogP) is 5.34. The number of hydrogen-bond donors (Lipinski definition) is 1. The second-order valence-corrected chi connectivity index (χ2v) is 21.1. The Morgan fingerprint density at radius 2 is 1.16 bits per heavy atom. The second-order valence-electron chi connectivity index (χ2n) is 10.0. The van der Waals surface area contributed by atoms with E-state index in [1.165, 1.54) is 10.7 Å². The maximum absolute atomic E-state index is 13.6. The van der Waals surface area contributed by atoms with Crippen LogP contribution in [-0.2, 0) is 5.60 Å². The van der Waals surface area contributed by atoms with Crippen molar-refractivity contribution >= 4 is 45.7 Å². The monoisotopic (exact) mass is 588 g/mol. The van der Waals surface area contributed by atoms with Gasteiger partial charge in [0.15, 0.2) is 0 Å². The molecule has 1 N–H and O–H groups in total. The van der Waals surface area contributed by atoms with Crippen molar-refractivity contribution in [2.24, 2.45) is 0 Å². The summed E-state index contributed by atoms with van der Waals surface area (Å²) in [7, 11) is 0. The maximum atomic E-state index is 13.6. The number of carbonyl (C=O) groups is 1. The Morgan fingerprint density at radius 3 is 1.68 bits per heavy atom. The normalized spacial score (nSPS) is 16.7. The third kappa shape index (κ3) is 3.87. The van der Waals surface area contributed by atoms with Crippen molar-refractivity contribution in [1.29, 1.82) is 0 Å². The van der Waals surface area contributed by atoms with Crippen LogP contribution in [0.4, 0.5) is 0 Å². The fourth-order valence-corrected chi connectivity index (χ4v) is 19.8. The Morgan fingerprint density at radius 1 is 0.676 bits per heavy atom. The predicted molar refractivity (Wildman–Crippen MR) is 155 cm³/mol. The van der Waals surface area contributed by atoms with Crippen molar-refractivity contribution in [2.45, 2.75) is 16.5 Å². The molecule has 0 radical (unpaired) electrons. The van der Waals surface area contributed by atoms with Gasteiger partial charge < -0.3 is 0 Å². The van der Waals surface area contributed by atoms with Crippen LogP contribution in [0.5, 0.6) is 0 Å². The van der Waals surface area contributed by atoms with Gasteiger partial charge in [-0.25, -0.2) is 0 Å². The van der Waals surface area contributed by atoms with E-state index in [4.69, 9.17) is 0 Å². The van der Waals surface area contributed by atoms with Crippen LogP contribution >= 0.6 is 0 Å². The van der Waals surface area contributed by atoms with E-state index in [9.17, 15) is 9.90 Å². The Balaban J connectivity index is 1.47. The molecule has 1 unspecified atom stereocenters. The molecule has 1 aliphatic carbocycles. The van der Waals surface area contributed by atoms with E-state index in [0.717, 1.165) is 20.8 Å². The van der Waals surface area contributed by atoms with Gasteiger partial charge in [-0.15, -0.1) is 0 Å². The number of rotatable bonds is 7. The summed E-state index contributed by atoms with van der Waals surface area (Å²) in [5.74, 6) is -0.222. The van der Waals surface area contributed by atoms with Gasteiger partial charge in [0.2, 0.25) is 0 Å². The minimum absolute atomic E-state index is 0.213. The number of hydrogen-bond acceptors (Lipinski definition) is 2. The van der Waals surface area contributed by atoms with Crippen molar-refractivity contribution in [2.75, 3.05) is 0 Å². The molecule has 6 rings (SSSR count). The molecule has 0 aromatic heterocycles. The van der Waals surface area contributed by atoms with Gasteiger partial charge in [0, 0.05) is 0 Å². The van der Waals surface area contributed by atoms with Crippen LogP contribution < -0.4 is 10.7 Å². The molecule has 0 heterocycles. The molecular weight excluding hydrogens is 559 g/mol. The number of ketones is 1. The molecular formula is C34H28O2Sn. The van der Waals surface area contributed by atoms with Crippen LogP contribution in [0, 0.1) is 0 Å². The van der Waals surface area contributed by atoms with Crippen LogP contribution in [0.1, 0.15) is 22.3 Å². The topological polar surface area (TPSA) is 37.3 Å². The van der Waals surface area contributed by atoms with Crippen molar-refractivity contribution in [3.63, 3.8) is 0 Å². The molecule has 2 nitrogen and oxygen atoms in total. The summed E-state index contributed by atoms with van der Waals surface area (Å²) in [6.07, 6.45) is 0.213. The van der Waals surface area contributed by atoms with E-state index in [2.05, 4.69) is 97.6 Å². The Kier molecular flexibility index (Phi) is 6.10. The van der Waals surface area contributed by atoms with Gasteiger partial charge in [-0.05, 0) is 0 Å².